The van der Waals surface area contributed by atoms with Crippen LogP contribution in [0.3, 0.4) is 0 Å². The molecule has 0 saturated carbocycles. The van der Waals surface area contributed by atoms with Crippen molar-refractivity contribution in [3.63, 3.8) is 0 Å². The van der Waals surface area contributed by atoms with E-state index in [1.807, 2.05) is 55.1 Å². The van der Waals surface area contributed by atoms with Crippen molar-refractivity contribution in [2.24, 2.45) is 0 Å². The van der Waals surface area contributed by atoms with E-state index < -0.39 is 9.84 Å². The number of aryl methyl sites for hydroxylation is 2. The van der Waals surface area contributed by atoms with E-state index in [4.69, 9.17) is 4.98 Å². The number of thioether (sulfide) groups is 1. The Morgan fingerprint density at radius 2 is 1.91 bits per heavy atom. The first-order valence-corrected chi connectivity index (χ1v) is 14.3. The summed E-state index contributed by atoms with van der Waals surface area (Å²) in [7, 11) is -3.06. The number of hydrogen-bond donors (Lipinski definition) is 0. The van der Waals surface area contributed by atoms with E-state index in [2.05, 4.69) is 22.8 Å². The van der Waals surface area contributed by atoms with Crippen molar-refractivity contribution in [2.45, 2.75) is 56.9 Å². The SMILES string of the molecule is CCC(C)N(C(=O)CSc1nc2ccccc2n1CCc1ccccc1)C1CCS(=O)(=O)C1. The molecule has 33 heavy (non-hydrogen) atoms. The van der Waals surface area contributed by atoms with Crippen LogP contribution in [0.15, 0.2) is 59.8 Å². The van der Waals surface area contributed by atoms with Gasteiger partial charge >= 0.3 is 0 Å². The van der Waals surface area contributed by atoms with Gasteiger partial charge in [0.1, 0.15) is 0 Å². The Hall–Kier alpha value is -2.32. The third-order valence-corrected chi connectivity index (χ3v) is 9.08. The number of nitrogens with zero attached hydrogens (tertiary/aromatic N) is 3. The Balaban J connectivity index is 1.52. The minimum atomic E-state index is -3.06. The van der Waals surface area contributed by atoms with Gasteiger partial charge in [-0.2, -0.15) is 0 Å². The van der Waals surface area contributed by atoms with Crippen LogP contribution in [0.1, 0.15) is 32.3 Å². The number of hydrogen-bond acceptors (Lipinski definition) is 5. The van der Waals surface area contributed by atoms with Crippen LogP contribution in [0.2, 0.25) is 0 Å². The summed E-state index contributed by atoms with van der Waals surface area (Å²) in [5.41, 5.74) is 3.23. The second-order valence-corrected chi connectivity index (χ2v) is 11.8. The number of sulfone groups is 1. The molecule has 2 atom stereocenters. The van der Waals surface area contributed by atoms with E-state index in [1.54, 1.807) is 0 Å². The Labute approximate surface area is 200 Å². The van der Waals surface area contributed by atoms with E-state index in [-0.39, 0.29) is 35.2 Å². The number of para-hydroxylation sites is 2. The van der Waals surface area contributed by atoms with Gasteiger partial charge in [-0.25, -0.2) is 13.4 Å². The van der Waals surface area contributed by atoms with E-state index in [9.17, 15) is 13.2 Å². The van der Waals surface area contributed by atoms with Crippen molar-refractivity contribution >= 4 is 38.5 Å². The van der Waals surface area contributed by atoms with E-state index in [0.29, 0.717) is 6.42 Å². The molecule has 1 aliphatic rings. The molecule has 0 N–H and O–H groups in total. The van der Waals surface area contributed by atoms with Crippen molar-refractivity contribution in [3.8, 4) is 0 Å². The zero-order valence-corrected chi connectivity index (χ0v) is 20.8. The maximum atomic E-state index is 13.3. The molecule has 3 aromatic rings. The summed E-state index contributed by atoms with van der Waals surface area (Å²) in [4.78, 5) is 19.9. The molecule has 1 aliphatic heterocycles. The molecule has 8 heteroatoms. The second kappa shape index (κ2) is 10.3. The maximum absolute atomic E-state index is 13.3. The first-order valence-electron chi connectivity index (χ1n) is 11.5. The molecule has 1 fully saturated rings. The molecule has 176 valence electrons. The highest BCUT2D eigenvalue weighted by atomic mass is 32.2. The van der Waals surface area contributed by atoms with Crippen LogP contribution < -0.4 is 0 Å². The van der Waals surface area contributed by atoms with Gasteiger partial charge in [0.15, 0.2) is 15.0 Å². The highest BCUT2D eigenvalue weighted by molar-refractivity contribution is 7.99. The number of aromatic nitrogens is 2. The molecule has 6 nitrogen and oxygen atoms in total. The van der Waals surface area contributed by atoms with Crippen molar-refractivity contribution in [1.82, 2.24) is 14.5 Å². The van der Waals surface area contributed by atoms with Gasteiger partial charge in [-0.3, -0.25) is 4.79 Å². The number of carbonyl (C=O) groups is 1. The highest BCUT2D eigenvalue weighted by Crippen LogP contribution is 2.27. The fourth-order valence-electron chi connectivity index (χ4n) is 4.47. The van der Waals surface area contributed by atoms with Crippen LogP contribution in [0, 0.1) is 0 Å². The van der Waals surface area contributed by atoms with Gasteiger partial charge in [-0.15, -0.1) is 0 Å². The van der Waals surface area contributed by atoms with Crippen LogP contribution in [-0.4, -0.2) is 58.1 Å². The lowest BCUT2D eigenvalue weighted by Crippen LogP contribution is -2.47. The van der Waals surface area contributed by atoms with Crippen LogP contribution in [0.4, 0.5) is 0 Å². The van der Waals surface area contributed by atoms with E-state index in [1.165, 1.54) is 17.3 Å². The van der Waals surface area contributed by atoms with Gasteiger partial charge < -0.3 is 9.47 Å². The summed E-state index contributed by atoms with van der Waals surface area (Å²) < 4.78 is 26.3. The summed E-state index contributed by atoms with van der Waals surface area (Å²) in [6.07, 6.45) is 2.20. The predicted molar refractivity (Wildman–Crippen MR) is 134 cm³/mol. The van der Waals surface area contributed by atoms with Gasteiger partial charge in [-0.05, 0) is 43.9 Å². The minimum absolute atomic E-state index is 0.00768. The number of amides is 1. The zero-order valence-electron chi connectivity index (χ0n) is 19.2. The summed E-state index contributed by atoms with van der Waals surface area (Å²) in [5, 5.41) is 0.823. The van der Waals surface area contributed by atoms with Crippen LogP contribution >= 0.6 is 11.8 Å². The maximum Gasteiger partial charge on any atom is 0.233 e. The number of carbonyl (C=O) groups excluding carboxylic acids is 1. The molecule has 0 spiro atoms. The van der Waals surface area contributed by atoms with Crippen molar-refractivity contribution in [3.05, 3.63) is 60.2 Å². The Bertz CT molecular complexity index is 1210. The van der Waals surface area contributed by atoms with Gasteiger partial charge in [0.2, 0.25) is 5.91 Å². The van der Waals surface area contributed by atoms with Crippen LogP contribution in [-0.2, 0) is 27.6 Å². The van der Waals surface area contributed by atoms with Gasteiger partial charge in [0.05, 0.1) is 28.3 Å². The van der Waals surface area contributed by atoms with Crippen molar-refractivity contribution in [1.29, 1.82) is 0 Å². The first-order chi connectivity index (χ1) is 15.9. The summed E-state index contributed by atoms with van der Waals surface area (Å²) in [5.74, 6) is 0.470. The molecule has 1 amide bonds. The van der Waals surface area contributed by atoms with Crippen molar-refractivity contribution < 1.29 is 13.2 Å². The molecule has 2 unspecified atom stereocenters. The molecule has 0 radical (unpaired) electrons. The highest BCUT2D eigenvalue weighted by Gasteiger charge is 2.36. The molecular formula is C25H31N3O3S2. The number of benzene rings is 2. The van der Waals surface area contributed by atoms with E-state index >= 15 is 0 Å². The topological polar surface area (TPSA) is 72.3 Å². The van der Waals surface area contributed by atoms with Crippen molar-refractivity contribution in [2.75, 3.05) is 17.3 Å². The lowest BCUT2D eigenvalue weighted by Gasteiger charge is -2.33. The third kappa shape index (κ3) is 5.61. The summed E-state index contributed by atoms with van der Waals surface area (Å²) >= 11 is 1.44. The molecule has 2 aromatic carbocycles. The van der Waals surface area contributed by atoms with Crippen LogP contribution in [0.5, 0.6) is 0 Å². The van der Waals surface area contributed by atoms with Gasteiger partial charge in [0.25, 0.3) is 0 Å². The predicted octanol–water partition coefficient (Wildman–Crippen LogP) is 4.19. The average molecular weight is 486 g/mol. The summed E-state index contributed by atoms with van der Waals surface area (Å²) in [6.45, 7) is 4.81. The van der Waals surface area contributed by atoms with E-state index in [0.717, 1.165) is 35.6 Å². The molecule has 2 heterocycles. The lowest BCUT2D eigenvalue weighted by atomic mass is 10.1. The lowest BCUT2D eigenvalue weighted by molar-refractivity contribution is -0.132. The fourth-order valence-corrected chi connectivity index (χ4v) is 7.09. The molecule has 0 bridgehead atoms. The number of fused-ring (bicyclic) bond motifs is 1. The monoisotopic (exact) mass is 485 g/mol. The third-order valence-electron chi connectivity index (χ3n) is 6.37. The quantitative estimate of drug-likeness (QED) is 0.425. The minimum Gasteiger partial charge on any atom is -0.335 e. The van der Waals surface area contributed by atoms with Crippen LogP contribution in [0.25, 0.3) is 11.0 Å². The molecule has 1 aromatic heterocycles. The Kier molecular flexibility index (Phi) is 7.44. The molecule has 1 saturated heterocycles. The number of rotatable bonds is 9. The molecule has 4 rings (SSSR count). The molecule has 0 aliphatic carbocycles. The Morgan fingerprint density at radius 1 is 1.18 bits per heavy atom. The smallest absolute Gasteiger partial charge is 0.233 e. The molecular weight excluding hydrogens is 454 g/mol. The first kappa shape index (κ1) is 23.8. The fraction of sp³-hybridized carbons (Fsp3) is 0.440. The number of imidazole rings is 1. The Morgan fingerprint density at radius 3 is 2.61 bits per heavy atom. The normalized spacial score (nSPS) is 18.4. The average Bonchev–Trinajstić information content (AvgIpc) is 3.36. The largest absolute Gasteiger partial charge is 0.335 e. The second-order valence-electron chi connectivity index (χ2n) is 8.67. The zero-order chi connectivity index (χ0) is 23.4. The standard InChI is InChI=1S/C25H31N3O3S2/c1-3-19(2)28(21-14-16-33(30,31)18-21)24(29)17-32-25-26-22-11-7-8-12-23(22)27(25)15-13-20-9-5-4-6-10-20/h4-12,19,21H,3,13-18H2,1-2H3. The van der Waals surface area contributed by atoms with Gasteiger partial charge in [0, 0.05) is 18.6 Å². The summed E-state index contributed by atoms with van der Waals surface area (Å²) in [6, 6.07) is 18.2. The van der Waals surface area contributed by atoms with Gasteiger partial charge in [-0.1, -0.05) is 61.2 Å².